The van der Waals surface area contributed by atoms with Gasteiger partial charge in [-0.25, -0.2) is 10.1 Å². The first kappa shape index (κ1) is 22.8. The molecule has 2 aromatic carbocycles. The van der Waals surface area contributed by atoms with Gasteiger partial charge in [-0.1, -0.05) is 18.2 Å². The van der Waals surface area contributed by atoms with Gasteiger partial charge in [0.05, 0.1) is 38.5 Å². The van der Waals surface area contributed by atoms with Crippen molar-refractivity contribution in [2.24, 2.45) is 5.10 Å². The third kappa shape index (κ3) is 4.27. The monoisotopic (exact) mass is 438 g/mol. The molecule has 0 aliphatic carbocycles. The SMILES string of the molecule is COc1cc(/C(C)=N/NC(=O)c2nn(C(C)C)c(=O)c3ccccc23)cc(OC)c1OC. The molecule has 0 unspecified atom stereocenters. The molecule has 0 fully saturated rings. The fourth-order valence-corrected chi connectivity index (χ4v) is 3.27. The number of aromatic nitrogens is 2. The van der Waals surface area contributed by atoms with E-state index in [9.17, 15) is 9.59 Å². The first-order chi connectivity index (χ1) is 15.3. The molecule has 3 rings (SSSR count). The van der Waals surface area contributed by atoms with Crippen LogP contribution in [0.1, 0.15) is 42.9 Å². The van der Waals surface area contributed by atoms with Crippen molar-refractivity contribution < 1.29 is 19.0 Å². The summed E-state index contributed by atoms with van der Waals surface area (Å²) < 4.78 is 17.4. The van der Waals surface area contributed by atoms with Gasteiger partial charge in [-0.2, -0.15) is 10.2 Å². The fraction of sp³-hybridized carbons (Fsp3) is 0.304. The molecule has 0 saturated heterocycles. The number of fused-ring (bicyclic) bond motifs is 1. The number of carbonyl (C=O) groups is 1. The lowest BCUT2D eigenvalue weighted by molar-refractivity contribution is 0.0949. The number of nitrogens with one attached hydrogen (secondary N) is 1. The number of hydrazone groups is 1. The lowest BCUT2D eigenvalue weighted by Crippen LogP contribution is -2.30. The van der Waals surface area contributed by atoms with Crippen molar-refractivity contribution in [3.05, 3.63) is 58.0 Å². The Morgan fingerprint density at radius 3 is 2.16 bits per heavy atom. The van der Waals surface area contributed by atoms with Crippen LogP contribution < -0.4 is 25.2 Å². The molecule has 0 atom stereocenters. The number of hydrogen-bond donors (Lipinski definition) is 1. The summed E-state index contributed by atoms with van der Waals surface area (Å²) in [5, 5.41) is 9.40. The molecule has 0 radical (unpaired) electrons. The van der Waals surface area contributed by atoms with Crippen LogP contribution in [0.25, 0.3) is 10.8 Å². The van der Waals surface area contributed by atoms with Crippen LogP contribution in [-0.2, 0) is 0 Å². The molecule has 0 bridgehead atoms. The molecular formula is C23H26N4O5. The number of amides is 1. The second-order valence-corrected chi connectivity index (χ2v) is 7.29. The van der Waals surface area contributed by atoms with Gasteiger partial charge in [0.25, 0.3) is 11.5 Å². The molecule has 32 heavy (non-hydrogen) atoms. The predicted molar refractivity (Wildman–Crippen MR) is 122 cm³/mol. The van der Waals surface area contributed by atoms with Gasteiger partial charge in [-0.05, 0) is 39.0 Å². The minimum absolute atomic E-state index is 0.121. The zero-order valence-corrected chi connectivity index (χ0v) is 18.9. The van der Waals surface area contributed by atoms with E-state index in [1.807, 2.05) is 13.8 Å². The van der Waals surface area contributed by atoms with Crippen molar-refractivity contribution in [1.29, 1.82) is 0 Å². The van der Waals surface area contributed by atoms with Gasteiger partial charge >= 0.3 is 0 Å². The zero-order valence-electron chi connectivity index (χ0n) is 18.9. The summed E-state index contributed by atoms with van der Waals surface area (Å²) in [5.41, 5.74) is 3.60. The number of methoxy groups -OCH3 is 3. The van der Waals surface area contributed by atoms with Crippen LogP contribution in [0, 0.1) is 0 Å². The summed E-state index contributed by atoms with van der Waals surface area (Å²) >= 11 is 0. The Hall–Kier alpha value is -3.88. The van der Waals surface area contributed by atoms with Gasteiger partial charge in [0.1, 0.15) is 0 Å². The van der Waals surface area contributed by atoms with E-state index < -0.39 is 5.91 Å². The van der Waals surface area contributed by atoms with Crippen molar-refractivity contribution in [2.45, 2.75) is 26.8 Å². The minimum atomic E-state index is -0.526. The highest BCUT2D eigenvalue weighted by Crippen LogP contribution is 2.38. The maximum Gasteiger partial charge on any atom is 0.292 e. The number of hydrogen-bond acceptors (Lipinski definition) is 7. The Morgan fingerprint density at radius 2 is 1.62 bits per heavy atom. The molecule has 168 valence electrons. The van der Waals surface area contributed by atoms with Gasteiger partial charge < -0.3 is 14.2 Å². The quantitative estimate of drug-likeness (QED) is 0.449. The second kappa shape index (κ2) is 9.51. The number of benzene rings is 2. The first-order valence-corrected chi connectivity index (χ1v) is 9.98. The molecule has 3 aromatic rings. The number of rotatable bonds is 7. The van der Waals surface area contributed by atoms with E-state index in [1.54, 1.807) is 43.3 Å². The number of ether oxygens (including phenoxy) is 3. The molecule has 1 amide bonds. The van der Waals surface area contributed by atoms with Gasteiger partial charge in [-0.3, -0.25) is 9.59 Å². The van der Waals surface area contributed by atoms with Crippen LogP contribution in [0.5, 0.6) is 17.2 Å². The third-order valence-electron chi connectivity index (χ3n) is 4.94. The van der Waals surface area contributed by atoms with Crippen molar-refractivity contribution in [3.8, 4) is 17.2 Å². The fourth-order valence-electron chi connectivity index (χ4n) is 3.27. The van der Waals surface area contributed by atoms with Crippen molar-refractivity contribution in [2.75, 3.05) is 21.3 Å². The average molecular weight is 438 g/mol. The van der Waals surface area contributed by atoms with Crippen LogP contribution >= 0.6 is 0 Å². The van der Waals surface area contributed by atoms with Gasteiger partial charge in [0.2, 0.25) is 5.75 Å². The van der Waals surface area contributed by atoms with Crippen molar-refractivity contribution in [1.82, 2.24) is 15.2 Å². The van der Waals surface area contributed by atoms with E-state index in [4.69, 9.17) is 14.2 Å². The zero-order chi connectivity index (χ0) is 23.4. The van der Waals surface area contributed by atoms with Crippen molar-refractivity contribution >= 4 is 22.4 Å². The van der Waals surface area contributed by atoms with Crippen LogP contribution in [0.4, 0.5) is 0 Å². The maximum absolute atomic E-state index is 13.0. The summed E-state index contributed by atoms with van der Waals surface area (Å²) in [6.07, 6.45) is 0. The summed E-state index contributed by atoms with van der Waals surface area (Å²) in [7, 11) is 4.57. The van der Waals surface area contributed by atoms with E-state index in [2.05, 4.69) is 15.6 Å². The Labute approximate surface area is 185 Å². The molecule has 0 aliphatic heterocycles. The van der Waals surface area contributed by atoms with Gasteiger partial charge in [0, 0.05) is 10.9 Å². The Balaban J connectivity index is 1.99. The predicted octanol–water partition coefficient (Wildman–Crippen LogP) is 3.16. The van der Waals surface area contributed by atoms with Crippen LogP contribution in [0.15, 0.2) is 46.3 Å². The molecule has 1 aromatic heterocycles. The first-order valence-electron chi connectivity index (χ1n) is 9.98. The van der Waals surface area contributed by atoms with Crippen LogP contribution in [0.3, 0.4) is 0 Å². The number of nitrogens with zero attached hydrogens (tertiary/aromatic N) is 3. The van der Waals surface area contributed by atoms with Gasteiger partial charge in [-0.15, -0.1) is 0 Å². The molecule has 0 spiro atoms. The lowest BCUT2D eigenvalue weighted by atomic mass is 10.1. The minimum Gasteiger partial charge on any atom is -0.493 e. The molecule has 1 N–H and O–H groups in total. The summed E-state index contributed by atoms with van der Waals surface area (Å²) in [5.74, 6) is 0.878. The summed E-state index contributed by atoms with van der Waals surface area (Å²) in [4.78, 5) is 25.6. The van der Waals surface area contributed by atoms with E-state index >= 15 is 0 Å². The Kier molecular flexibility index (Phi) is 6.77. The van der Waals surface area contributed by atoms with Crippen LogP contribution in [0.2, 0.25) is 0 Å². The van der Waals surface area contributed by atoms with E-state index in [0.717, 1.165) is 0 Å². The highest BCUT2D eigenvalue weighted by atomic mass is 16.5. The Bertz CT molecular complexity index is 1220. The Morgan fingerprint density at radius 1 is 1.03 bits per heavy atom. The molecule has 0 aliphatic rings. The molecule has 9 nitrogen and oxygen atoms in total. The normalized spacial score (nSPS) is 11.5. The summed E-state index contributed by atoms with van der Waals surface area (Å²) in [6, 6.07) is 10.1. The van der Waals surface area contributed by atoms with Crippen LogP contribution in [-0.4, -0.2) is 42.7 Å². The standard InChI is InChI=1S/C23H26N4O5/c1-13(2)27-23(29)17-10-8-7-9-16(17)20(26-27)22(28)25-24-14(3)15-11-18(30-4)21(32-6)19(12-15)31-5/h7-13H,1-6H3,(H,25,28)/b24-14+. The molecule has 0 saturated carbocycles. The molecular weight excluding hydrogens is 412 g/mol. The van der Waals surface area contributed by atoms with Gasteiger partial charge in [0.15, 0.2) is 17.2 Å². The second-order valence-electron chi connectivity index (χ2n) is 7.29. The number of carbonyl (C=O) groups excluding carboxylic acids is 1. The smallest absolute Gasteiger partial charge is 0.292 e. The maximum atomic E-state index is 13.0. The topological polar surface area (TPSA) is 104 Å². The van der Waals surface area contributed by atoms with E-state index in [0.29, 0.717) is 39.3 Å². The lowest BCUT2D eigenvalue weighted by Gasteiger charge is -2.14. The largest absolute Gasteiger partial charge is 0.493 e. The van der Waals surface area contributed by atoms with E-state index in [-0.39, 0.29) is 17.3 Å². The average Bonchev–Trinajstić information content (AvgIpc) is 2.81. The highest BCUT2D eigenvalue weighted by Gasteiger charge is 2.18. The third-order valence-corrected chi connectivity index (χ3v) is 4.94. The highest BCUT2D eigenvalue weighted by molar-refractivity contribution is 6.06. The molecule has 9 heteroatoms. The van der Waals surface area contributed by atoms with Crippen molar-refractivity contribution in [3.63, 3.8) is 0 Å². The summed E-state index contributed by atoms with van der Waals surface area (Å²) in [6.45, 7) is 5.40. The van der Waals surface area contributed by atoms with E-state index in [1.165, 1.54) is 26.0 Å². The molecule has 1 heterocycles.